The van der Waals surface area contributed by atoms with Crippen molar-refractivity contribution < 1.29 is 24.2 Å². The third-order valence-corrected chi connectivity index (χ3v) is 3.73. The van der Waals surface area contributed by atoms with Crippen molar-refractivity contribution in [2.45, 2.75) is 51.2 Å². The van der Waals surface area contributed by atoms with Gasteiger partial charge >= 0.3 is 12.0 Å². The largest absolute Gasteiger partial charge is 0.478 e. The number of ether oxygens (including phenoxy) is 1. The molecule has 21 heavy (non-hydrogen) atoms. The second kappa shape index (κ2) is 7.78. The molecule has 1 unspecified atom stereocenters. The third kappa shape index (κ3) is 5.55. The van der Waals surface area contributed by atoms with Gasteiger partial charge < -0.3 is 15.2 Å². The lowest BCUT2D eigenvalue weighted by Crippen LogP contribution is -2.51. The molecule has 1 atom stereocenters. The van der Waals surface area contributed by atoms with Crippen molar-refractivity contribution in [2.75, 3.05) is 6.61 Å². The summed E-state index contributed by atoms with van der Waals surface area (Å²) in [5.74, 6) is -2.01. The minimum Gasteiger partial charge on any atom is -0.478 e. The first kappa shape index (κ1) is 17.2. The third-order valence-electron chi connectivity index (χ3n) is 3.73. The molecule has 0 aromatic heterocycles. The quantitative estimate of drug-likeness (QED) is 0.661. The van der Waals surface area contributed by atoms with Crippen LogP contribution in [0.5, 0.6) is 0 Å². The lowest BCUT2D eigenvalue weighted by molar-refractivity contribution is -0.131. The lowest BCUT2D eigenvalue weighted by Gasteiger charge is -2.40. The molecule has 0 aliphatic carbocycles. The number of carbonyl (C=O) groups is 3. The van der Waals surface area contributed by atoms with Gasteiger partial charge in [0.05, 0.1) is 5.60 Å². The summed E-state index contributed by atoms with van der Waals surface area (Å²) in [4.78, 5) is 33.2. The Kier molecular flexibility index (Phi) is 6.36. The fourth-order valence-corrected chi connectivity index (χ4v) is 2.42. The molecule has 1 saturated heterocycles. The van der Waals surface area contributed by atoms with Crippen LogP contribution in [-0.2, 0) is 14.3 Å². The Morgan fingerprint density at radius 2 is 1.95 bits per heavy atom. The fourth-order valence-electron chi connectivity index (χ4n) is 2.42. The summed E-state index contributed by atoms with van der Waals surface area (Å²) in [6.45, 7) is 4.66. The molecule has 0 radical (unpaired) electrons. The van der Waals surface area contributed by atoms with Crippen molar-refractivity contribution in [1.29, 1.82) is 0 Å². The molecule has 1 heterocycles. The number of amides is 3. The number of carbonyl (C=O) groups excluding carboxylic acids is 2. The number of hydrogen-bond acceptors (Lipinski definition) is 4. The Labute approximate surface area is 123 Å². The minimum atomic E-state index is -1.24. The van der Waals surface area contributed by atoms with Crippen LogP contribution < -0.4 is 10.6 Å². The van der Waals surface area contributed by atoms with E-state index >= 15 is 0 Å². The average molecular weight is 298 g/mol. The number of aliphatic carboxylic acids is 1. The lowest BCUT2D eigenvalue weighted by atomic mass is 9.86. The molecule has 7 nitrogen and oxygen atoms in total. The Morgan fingerprint density at radius 3 is 2.52 bits per heavy atom. The molecule has 3 N–H and O–H groups in total. The molecular formula is C14H22N2O5. The first-order valence-electron chi connectivity index (χ1n) is 7.07. The minimum absolute atomic E-state index is 0.0603. The number of hydrogen-bond donors (Lipinski definition) is 3. The molecule has 1 aliphatic rings. The number of urea groups is 1. The van der Waals surface area contributed by atoms with Gasteiger partial charge in [0.1, 0.15) is 0 Å². The number of rotatable bonds is 5. The van der Waals surface area contributed by atoms with E-state index in [-0.39, 0.29) is 11.6 Å². The van der Waals surface area contributed by atoms with E-state index in [1.54, 1.807) is 0 Å². The molecule has 0 aromatic carbocycles. The highest BCUT2D eigenvalue weighted by molar-refractivity contribution is 6.02. The van der Waals surface area contributed by atoms with Gasteiger partial charge in [0, 0.05) is 24.8 Å². The highest BCUT2D eigenvalue weighted by Gasteiger charge is 2.35. The van der Waals surface area contributed by atoms with Crippen LogP contribution in [0, 0.1) is 0 Å². The van der Waals surface area contributed by atoms with E-state index in [0.717, 1.165) is 18.9 Å². The normalized spacial score (nSPS) is 21.0. The van der Waals surface area contributed by atoms with Crippen molar-refractivity contribution >= 4 is 17.9 Å². The molecule has 3 amide bonds. The van der Waals surface area contributed by atoms with Gasteiger partial charge in [0.2, 0.25) is 0 Å². The van der Waals surface area contributed by atoms with Gasteiger partial charge in [0.15, 0.2) is 0 Å². The van der Waals surface area contributed by atoms with Crippen LogP contribution >= 0.6 is 0 Å². The number of nitrogens with one attached hydrogen (secondary N) is 2. The predicted octanol–water partition coefficient (Wildman–Crippen LogP) is 1.19. The van der Waals surface area contributed by atoms with Gasteiger partial charge in [-0.15, -0.1) is 0 Å². The molecule has 0 saturated carbocycles. The summed E-state index contributed by atoms with van der Waals surface area (Å²) in [7, 11) is 0. The number of imide groups is 1. The summed E-state index contributed by atoms with van der Waals surface area (Å²) in [5, 5.41) is 13.2. The molecule has 0 aromatic rings. The van der Waals surface area contributed by atoms with Crippen LogP contribution in [0.3, 0.4) is 0 Å². The van der Waals surface area contributed by atoms with Crippen molar-refractivity contribution in [3.05, 3.63) is 12.2 Å². The van der Waals surface area contributed by atoms with Crippen LogP contribution in [0.15, 0.2) is 12.2 Å². The highest BCUT2D eigenvalue weighted by atomic mass is 16.5. The van der Waals surface area contributed by atoms with E-state index in [9.17, 15) is 14.4 Å². The second-order valence-corrected chi connectivity index (χ2v) is 5.06. The molecule has 0 spiro atoms. The summed E-state index contributed by atoms with van der Waals surface area (Å²) in [6.07, 6.45) is 4.60. The van der Waals surface area contributed by atoms with Gasteiger partial charge in [0.25, 0.3) is 5.91 Å². The molecule has 0 bridgehead atoms. The van der Waals surface area contributed by atoms with Crippen molar-refractivity contribution in [1.82, 2.24) is 10.6 Å². The molecule has 118 valence electrons. The standard InChI is InChI=1S/C14H22N2O5/c1-3-14(4-2)9-10(7-8-21-14)15-13(20)16-11(17)5-6-12(18)19/h5-6,10H,3-4,7-9H2,1-2H3,(H,18,19)(H2,15,16,17,20)/b6-5+. The first-order chi connectivity index (χ1) is 9.90. The maximum absolute atomic E-state index is 11.7. The maximum atomic E-state index is 11.7. The smallest absolute Gasteiger partial charge is 0.328 e. The van der Waals surface area contributed by atoms with Crippen LogP contribution in [0.25, 0.3) is 0 Å². The van der Waals surface area contributed by atoms with E-state index in [4.69, 9.17) is 9.84 Å². The van der Waals surface area contributed by atoms with E-state index < -0.39 is 17.9 Å². The van der Waals surface area contributed by atoms with Gasteiger partial charge in [-0.2, -0.15) is 0 Å². The van der Waals surface area contributed by atoms with Gasteiger partial charge in [-0.05, 0) is 25.7 Å². The zero-order chi connectivity index (χ0) is 15.9. The predicted molar refractivity (Wildman–Crippen MR) is 75.7 cm³/mol. The van der Waals surface area contributed by atoms with Crippen LogP contribution in [0.4, 0.5) is 4.79 Å². The molecular weight excluding hydrogens is 276 g/mol. The summed E-state index contributed by atoms with van der Waals surface area (Å²) >= 11 is 0. The van der Waals surface area contributed by atoms with Crippen molar-refractivity contribution in [3.63, 3.8) is 0 Å². The van der Waals surface area contributed by atoms with Gasteiger partial charge in [-0.25, -0.2) is 9.59 Å². The average Bonchev–Trinajstić information content (AvgIpc) is 2.45. The van der Waals surface area contributed by atoms with E-state index in [1.807, 2.05) is 13.8 Å². The maximum Gasteiger partial charge on any atom is 0.328 e. The van der Waals surface area contributed by atoms with Crippen LogP contribution in [0.1, 0.15) is 39.5 Å². The Bertz CT molecular complexity index is 429. The second-order valence-electron chi connectivity index (χ2n) is 5.06. The summed E-state index contributed by atoms with van der Waals surface area (Å²) in [6, 6.07) is -0.682. The monoisotopic (exact) mass is 298 g/mol. The van der Waals surface area contributed by atoms with Gasteiger partial charge in [-0.3, -0.25) is 10.1 Å². The van der Waals surface area contributed by atoms with Crippen molar-refractivity contribution in [2.24, 2.45) is 0 Å². The van der Waals surface area contributed by atoms with E-state index in [1.165, 1.54) is 0 Å². The Morgan fingerprint density at radius 1 is 1.29 bits per heavy atom. The molecule has 1 rings (SSSR count). The molecule has 7 heteroatoms. The Balaban J connectivity index is 2.47. The SMILES string of the molecule is CCC1(CC)CC(NC(=O)NC(=O)/C=C/C(=O)O)CCO1. The first-order valence-corrected chi connectivity index (χ1v) is 7.07. The molecule has 1 fully saturated rings. The number of carboxylic acids is 1. The zero-order valence-electron chi connectivity index (χ0n) is 12.3. The topological polar surface area (TPSA) is 105 Å². The fraction of sp³-hybridized carbons (Fsp3) is 0.643. The van der Waals surface area contributed by atoms with Crippen LogP contribution in [-0.4, -0.2) is 41.3 Å². The summed E-state index contributed by atoms with van der Waals surface area (Å²) in [5.41, 5.74) is -0.219. The highest BCUT2D eigenvalue weighted by Crippen LogP contribution is 2.31. The number of carboxylic acid groups (broad SMARTS) is 1. The van der Waals surface area contributed by atoms with Gasteiger partial charge in [-0.1, -0.05) is 13.8 Å². The van der Waals surface area contributed by atoms with E-state index in [0.29, 0.717) is 25.5 Å². The Hall–Kier alpha value is -1.89. The van der Waals surface area contributed by atoms with E-state index in [2.05, 4.69) is 10.6 Å². The van der Waals surface area contributed by atoms with Crippen molar-refractivity contribution in [3.8, 4) is 0 Å². The summed E-state index contributed by atoms with van der Waals surface area (Å²) < 4.78 is 5.81. The molecule has 1 aliphatic heterocycles. The van der Waals surface area contributed by atoms with Crippen LogP contribution in [0.2, 0.25) is 0 Å². The zero-order valence-corrected chi connectivity index (χ0v) is 12.3.